The Morgan fingerprint density at radius 1 is 0.643 bits per heavy atom. The Hall–Kier alpha value is -1.76. The summed E-state index contributed by atoms with van der Waals surface area (Å²) in [6.07, 6.45) is 0. The van der Waals surface area contributed by atoms with Crippen molar-refractivity contribution in [1.29, 1.82) is 0 Å². The van der Waals surface area contributed by atoms with Crippen molar-refractivity contribution in [2.45, 2.75) is 0 Å². The fourth-order valence-electron chi connectivity index (χ4n) is 1.33. The van der Waals surface area contributed by atoms with Gasteiger partial charge in [-0.05, 0) is 24.3 Å². The molecular formula is C13H11N. The van der Waals surface area contributed by atoms with Crippen molar-refractivity contribution in [3.63, 3.8) is 0 Å². The molecule has 0 N–H and O–H groups in total. The van der Waals surface area contributed by atoms with E-state index in [4.69, 9.17) is 7.05 Å². The molecule has 0 atom stereocenters. The fourth-order valence-corrected chi connectivity index (χ4v) is 1.33. The minimum absolute atomic E-state index is 0.985. The molecule has 0 aliphatic heterocycles. The number of hydrogen-bond donors (Lipinski definition) is 0. The van der Waals surface area contributed by atoms with E-state index in [9.17, 15) is 0 Å². The van der Waals surface area contributed by atoms with Gasteiger partial charge >= 0.3 is 0 Å². The van der Waals surface area contributed by atoms with E-state index < -0.39 is 0 Å². The Bertz CT molecular complexity index is 341. The second-order valence-corrected chi connectivity index (χ2v) is 3.04. The highest BCUT2D eigenvalue weighted by Crippen LogP contribution is 2.22. The van der Waals surface area contributed by atoms with E-state index in [2.05, 4.69) is 0 Å². The zero-order valence-electron chi connectivity index (χ0n) is 7.80. The lowest BCUT2D eigenvalue weighted by molar-refractivity contribution is 1.28. The molecule has 0 aliphatic rings. The molecule has 2 radical (unpaired) electrons. The molecule has 1 nitrogen and oxygen atoms in total. The van der Waals surface area contributed by atoms with Gasteiger partial charge in [-0.3, -0.25) is 0 Å². The first kappa shape index (κ1) is 8.82. The number of anilines is 2. The predicted molar refractivity (Wildman–Crippen MR) is 59.3 cm³/mol. The lowest BCUT2D eigenvalue weighted by Crippen LogP contribution is -2.05. The molecule has 0 unspecified atom stereocenters. The maximum Gasteiger partial charge on any atom is 0.0799 e. The van der Waals surface area contributed by atoms with Crippen LogP contribution < -0.4 is 4.90 Å². The third-order valence-corrected chi connectivity index (χ3v) is 2.07. The summed E-state index contributed by atoms with van der Waals surface area (Å²) in [6, 6.07) is 19.7. The molecule has 2 rings (SSSR count). The van der Waals surface area contributed by atoms with Crippen molar-refractivity contribution < 1.29 is 0 Å². The van der Waals surface area contributed by atoms with Crippen LogP contribution in [0.5, 0.6) is 0 Å². The summed E-state index contributed by atoms with van der Waals surface area (Å²) in [6.45, 7) is 0. The van der Waals surface area contributed by atoms with Gasteiger partial charge in [0.05, 0.1) is 7.05 Å². The topological polar surface area (TPSA) is 3.24 Å². The van der Waals surface area contributed by atoms with Gasteiger partial charge in [0.15, 0.2) is 0 Å². The van der Waals surface area contributed by atoms with Gasteiger partial charge in [0, 0.05) is 11.4 Å². The average molecular weight is 181 g/mol. The third-order valence-electron chi connectivity index (χ3n) is 2.07. The van der Waals surface area contributed by atoms with Crippen LogP contribution in [0.25, 0.3) is 0 Å². The highest BCUT2D eigenvalue weighted by molar-refractivity contribution is 5.63. The van der Waals surface area contributed by atoms with Crippen LogP contribution in [0.3, 0.4) is 0 Å². The van der Waals surface area contributed by atoms with Crippen molar-refractivity contribution in [3.05, 3.63) is 67.7 Å². The monoisotopic (exact) mass is 181 g/mol. The highest BCUT2D eigenvalue weighted by Gasteiger charge is 2.01. The molecule has 1 heteroatoms. The molecule has 0 fully saturated rings. The summed E-state index contributed by atoms with van der Waals surface area (Å²) in [5.41, 5.74) is 1.97. The molecular weight excluding hydrogens is 170 g/mol. The van der Waals surface area contributed by atoms with Gasteiger partial charge in [-0.1, -0.05) is 36.4 Å². The van der Waals surface area contributed by atoms with Gasteiger partial charge in [-0.25, -0.2) is 0 Å². The molecule has 0 spiro atoms. The van der Waals surface area contributed by atoms with Crippen LogP contribution in [0.15, 0.2) is 60.7 Å². The molecule has 0 amide bonds. The maximum absolute atomic E-state index is 5.95. The van der Waals surface area contributed by atoms with Gasteiger partial charge in [0.2, 0.25) is 0 Å². The molecule has 2 aromatic rings. The number of para-hydroxylation sites is 2. The van der Waals surface area contributed by atoms with E-state index in [1.807, 2.05) is 60.7 Å². The van der Waals surface area contributed by atoms with Gasteiger partial charge in [0.1, 0.15) is 0 Å². The molecule has 0 saturated carbocycles. The van der Waals surface area contributed by atoms with Crippen molar-refractivity contribution >= 4 is 11.4 Å². The Morgan fingerprint density at radius 3 is 1.36 bits per heavy atom. The first-order chi connectivity index (χ1) is 6.88. The average Bonchev–Trinajstić information content (AvgIpc) is 2.30. The summed E-state index contributed by atoms with van der Waals surface area (Å²) in [7, 11) is 5.95. The first-order valence-electron chi connectivity index (χ1n) is 4.53. The second kappa shape index (κ2) is 3.97. The van der Waals surface area contributed by atoms with Gasteiger partial charge in [-0.2, -0.15) is 0 Å². The second-order valence-electron chi connectivity index (χ2n) is 3.04. The number of hydrogen-bond acceptors (Lipinski definition) is 1. The van der Waals surface area contributed by atoms with Crippen molar-refractivity contribution in [3.8, 4) is 0 Å². The molecule has 0 aliphatic carbocycles. The van der Waals surface area contributed by atoms with Crippen molar-refractivity contribution in [1.82, 2.24) is 0 Å². The van der Waals surface area contributed by atoms with Gasteiger partial charge < -0.3 is 4.90 Å². The Kier molecular flexibility index (Phi) is 2.50. The van der Waals surface area contributed by atoms with E-state index in [1.54, 1.807) is 4.90 Å². The van der Waals surface area contributed by atoms with Crippen LogP contribution in [0.1, 0.15) is 0 Å². The van der Waals surface area contributed by atoms with E-state index in [-0.39, 0.29) is 0 Å². The Labute approximate surface area is 84.6 Å². The molecule has 0 aromatic heterocycles. The van der Waals surface area contributed by atoms with E-state index >= 15 is 0 Å². The van der Waals surface area contributed by atoms with E-state index in [0.717, 1.165) is 11.4 Å². The summed E-state index contributed by atoms with van der Waals surface area (Å²) in [4.78, 5) is 1.67. The first-order valence-corrected chi connectivity index (χ1v) is 4.53. The quantitative estimate of drug-likeness (QED) is 0.641. The minimum Gasteiger partial charge on any atom is -0.334 e. The van der Waals surface area contributed by atoms with Crippen LogP contribution >= 0.6 is 0 Å². The smallest absolute Gasteiger partial charge is 0.0799 e. The molecule has 68 valence electrons. The largest absolute Gasteiger partial charge is 0.334 e. The molecule has 0 heterocycles. The minimum atomic E-state index is 0.985. The highest BCUT2D eigenvalue weighted by atomic mass is 15.1. The predicted octanol–water partition coefficient (Wildman–Crippen LogP) is 3.49. The summed E-state index contributed by atoms with van der Waals surface area (Å²) < 4.78 is 0. The van der Waals surface area contributed by atoms with Crippen LogP contribution in [-0.4, -0.2) is 0 Å². The van der Waals surface area contributed by atoms with Crippen LogP contribution in [0.4, 0.5) is 11.4 Å². The zero-order chi connectivity index (χ0) is 9.80. The van der Waals surface area contributed by atoms with Crippen LogP contribution in [0, 0.1) is 7.05 Å². The molecule has 0 saturated heterocycles. The lowest BCUT2D eigenvalue weighted by atomic mass is 10.2. The standard InChI is InChI=1S/C13H11N/c1-14(12-8-4-2-5-9-12)13-10-6-3-7-11-13/h1-11H. The van der Waals surface area contributed by atoms with E-state index in [0.29, 0.717) is 0 Å². The lowest BCUT2D eigenvalue weighted by Gasteiger charge is -2.18. The molecule has 14 heavy (non-hydrogen) atoms. The number of rotatable bonds is 2. The Morgan fingerprint density at radius 2 is 1.00 bits per heavy atom. The molecule has 2 aromatic carbocycles. The molecule has 0 bridgehead atoms. The third kappa shape index (κ3) is 1.77. The van der Waals surface area contributed by atoms with Crippen molar-refractivity contribution in [2.75, 3.05) is 4.90 Å². The van der Waals surface area contributed by atoms with Gasteiger partial charge in [0.25, 0.3) is 0 Å². The summed E-state index contributed by atoms with van der Waals surface area (Å²) >= 11 is 0. The summed E-state index contributed by atoms with van der Waals surface area (Å²) in [5.74, 6) is 0. The SMILES string of the molecule is [CH]N(c1ccccc1)c1ccccc1. The fraction of sp³-hybridized carbons (Fsp3) is 0. The normalized spacial score (nSPS) is 9.79. The Balaban J connectivity index is 2.30. The van der Waals surface area contributed by atoms with Gasteiger partial charge in [-0.15, -0.1) is 0 Å². The van der Waals surface area contributed by atoms with Crippen LogP contribution in [0.2, 0.25) is 0 Å². The maximum atomic E-state index is 5.95. The number of benzene rings is 2. The van der Waals surface area contributed by atoms with Crippen molar-refractivity contribution in [2.24, 2.45) is 0 Å². The van der Waals surface area contributed by atoms with Crippen LogP contribution in [-0.2, 0) is 0 Å². The number of nitrogens with zero attached hydrogens (tertiary/aromatic N) is 1. The van der Waals surface area contributed by atoms with E-state index in [1.165, 1.54) is 0 Å². The summed E-state index contributed by atoms with van der Waals surface area (Å²) in [5, 5.41) is 0. The zero-order valence-corrected chi connectivity index (χ0v) is 7.80.